The van der Waals surface area contributed by atoms with Crippen LogP contribution in [0.2, 0.25) is 0 Å². The van der Waals surface area contributed by atoms with E-state index in [1.165, 1.54) is 22.3 Å². The maximum Gasteiger partial charge on any atom is 1.00 e. The molecule has 0 aliphatic carbocycles. The van der Waals surface area contributed by atoms with Crippen molar-refractivity contribution in [1.82, 2.24) is 0 Å². The van der Waals surface area contributed by atoms with Crippen molar-refractivity contribution in [3.05, 3.63) is 85.1 Å². The van der Waals surface area contributed by atoms with Crippen LogP contribution in [0.1, 0.15) is 70.2 Å². The normalized spacial score (nSPS) is 11.5. The molecule has 0 aliphatic heterocycles. The molecule has 0 saturated carbocycles. The minimum atomic E-state index is -0.617. The zero-order valence-electron chi connectivity index (χ0n) is 20.0. The smallest absolute Gasteiger partial charge is 0.390 e. The summed E-state index contributed by atoms with van der Waals surface area (Å²) in [6, 6.07) is 17.1. The Bertz CT molecular complexity index is 668. The molecule has 28 heavy (non-hydrogen) atoms. The summed E-state index contributed by atoms with van der Waals surface area (Å²) in [5, 5.41) is 9.87. The van der Waals surface area contributed by atoms with Crippen molar-refractivity contribution in [2.75, 3.05) is 0 Å². The molecule has 152 valence electrons. The van der Waals surface area contributed by atoms with E-state index in [-0.39, 0.29) is 69.6 Å². The van der Waals surface area contributed by atoms with E-state index in [4.69, 9.17) is 0 Å². The Balaban J connectivity index is 0. The third kappa shape index (κ3) is 11.3. The Morgan fingerprint density at radius 1 is 0.714 bits per heavy atom. The summed E-state index contributed by atoms with van der Waals surface area (Å²) in [5.74, 6) is 0. The van der Waals surface area contributed by atoms with Crippen molar-refractivity contribution in [2.45, 2.75) is 78.2 Å². The van der Waals surface area contributed by atoms with E-state index in [1.807, 2.05) is 13.8 Å². The summed E-state index contributed by atoms with van der Waals surface area (Å²) in [4.78, 5) is 0. The Labute approximate surface area is 217 Å². The molecule has 0 unspecified atom stereocenters. The molecule has 1 nitrogen and oxygen atoms in total. The Morgan fingerprint density at radius 2 is 1.04 bits per heavy atom. The van der Waals surface area contributed by atoms with Crippen molar-refractivity contribution >= 4 is 0 Å². The fraction of sp³-hybridized carbons (Fsp3) is 0.462. The van der Waals surface area contributed by atoms with Crippen LogP contribution in [0.15, 0.2) is 48.5 Å². The summed E-state index contributed by atoms with van der Waals surface area (Å²) < 4.78 is 0. The zero-order chi connectivity index (χ0) is 20.2. The Morgan fingerprint density at radius 3 is 1.32 bits per heavy atom. The van der Waals surface area contributed by atoms with E-state index in [0.717, 1.165) is 6.42 Å². The third-order valence-electron chi connectivity index (χ3n) is 4.54. The van der Waals surface area contributed by atoms with Crippen molar-refractivity contribution in [3.63, 3.8) is 0 Å². The first-order chi connectivity index (χ1) is 11.7. The summed E-state index contributed by atoms with van der Waals surface area (Å²) in [6.45, 7) is 20.6. The van der Waals surface area contributed by atoms with Crippen LogP contribution in [0, 0.1) is 28.2 Å². The van der Waals surface area contributed by atoms with Gasteiger partial charge in [0.05, 0.1) is 5.60 Å². The van der Waals surface area contributed by atoms with Gasteiger partial charge in [0.2, 0.25) is 0 Å². The van der Waals surface area contributed by atoms with Gasteiger partial charge in [-0.15, -0.1) is 5.41 Å². The SMILES string of the molecule is Cc1ccc(C(C)(C)CC(C)(C)O)cc1.[CH2-]C(C)(C)c1ccc(C)cc1.[CH3-].[K+]. The molecule has 2 aromatic rings. The predicted octanol–water partition coefficient (Wildman–Crippen LogP) is 3.99. The molecule has 0 heterocycles. The van der Waals surface area contributed by atoms with E-state index < -0.39 is 5.60 Å². The Kier molecular flexibility index (Phi) is 13.0. The summed E-state index contributed by atoms with van der Waals surface area (Å²) >= 11 is 0. The largest absolute Gasteiger partial charge is 1.00 e. The standard InChI is InChI=1S/C14H22O.C11H15.CH3.K/c1-11-6-8-12(9-7-11)13(2,3)10-14(4,5)15;1-9-5-7-10(8-6-9)11(2,3)4;;/h6-9,15H,10H2,1-5H3;5-8H,2H2,1,3-4H3;1H3;/q;2*-1;+1. The van der Waals surface area contributed by atoms with Crippen LogP contribution in [-0.4, -0.2) is 10.7 Å². The minimum absolute atomic E-state index is 0. The van der Waals surface area contributed by atoms with Gasteiger partial charge in [0.15, 0.2) is 0 Å². The van der Waals surface area contributed by atoms with Crippen LogP contribution in [0.4, 0.5) is 0 Å². The van der Waals surface area contributed by atoms with Gasteiger partial charge in [-0.05, 0) is 45.1 Å². The van der Waals surface area contributed by atoms with Crippen LogP contribution in [0.5, 0.6) is 0 Å². The van der Waals surface area contributed by atoms with Crippen LogP contribution < -0.4 is 51.4 Å². The van der Waals surface area contributed by atoms with E-state index in [0.29, 0.717) is 0 Å². The van der Waals surface area contributed by atoms with E-state index >= 15 is 0 Å². The van der Waals surface area contributed by atoms with Gasteiger partial charge in [-0.3, -0.25) is 0 Å². The maximum atomic E-state index is 9.87. The minimum Gasteiger partial charge on any atom is -0.390 e. The van der Waals surface area contributed by atoms with Crippen LogP contribution in [0.25, 0.3) is 0 Å². The maximum absolute atomic E-state index is 9.87. The van der Waals surface area contributed by atoms with E-state index in [1.54, 1.807) is 0 Å². The molecule has 0 radical (unpaired) electrons. The number of aliphatic hydroxyl groups is 1. The fourth-order valence-electron chi connectivity index (χ4n) is 3.19. The zero-order valence-corrected chi connectivity index (χ0v) is 23.1. The van der Waals surface area contributed by atoms with Crippen LogP contribution in [-0.2, 0) is 10.8 Å². The summed E-state index contributed by atoms with van der Waals surface area (Å²) in [6.07, 6.45) is 0.767. The average Bonchev–Trinajstić information content (AvgIpc) is 2.45. The Hall–Kier alpha value is 0.0364. The van der Waals surface area contributed by atoms with Crippen molar-refractivity contribution in [1.29, 1.82) is 0 Å². The molecule has 0 saturated heterocycles. The molecule has 1 N–H and O–H groups in total. The molecule has 2 heteroatoms. The molecule has 0 aliphatic rings. The molecule has 2 aromatic carbocycles. The fourth-order valence-corrected chi connectivity index (χ4v) is 3.19. The number of aryl methyl sites for hydroxylation is 2. The molecule has 0 fully saturated rings. The van der Waals surface area contributed by atoms with E-state index in [2.05, 4.69) is 97.0 Å². The quantitative estimate of drug-likeness (QED) is 0.600. The van der Waals surface area contributed by atoms with Gasteiger partial charge < -0.3 is 19.5 Å². The molecule has 0 aromatic heterocycles. The molecule has 0 atom stereocenters. The average molecular weight is 408 g/mol. The van der Waals surface area contributed by atoms with Gasteiger partial charge in [-0.1, -0.05) is 92.9 Å². The van der Waals surface area contributed by atoms with Gasteiger partial charge in [-0.25, -0.2) is 0 Å². The van der Waals surface area contributed by atoms with Crippen LogP contribution >= 0.6 is 0 Å². The number of hydrogen-bond acceptors (Lipinski definition) is 1. The van der Waals surface area contributed by atoms with Gasteiger partial charge in [0.1, 0.15) is 0 Å². The number of hydrogen-bond donors (Lipinski definition) is 1. The molecule has 2 rings (SSSR count). The van der Waals surface area contributed by atoms with Gasteiger partial charge >= 0.3 is 51.4 Å². The molecule has 0 spiro atoms. The second-order valence-corrected chi connectivity index (χ2v) is 9.49. The third-order valence-corrected chi connectivity index (χ3v) is 4.54. The first kappa shape index (κ1) is 30.2. The first-order valence-electron chi connectivity index (χ1n) is 9.43. The molecular formula is C26H40KO-. The van der Waals surface area contributed by atoms with Gasteiger partial charge in [-0.2, -0.15) is 0 Å². The van der Waals surface area contributed by atoms with Crippen molar-refractivity contribution < 1.29 is 56.5 Å². The second-order valence-electron chi connectivity index (χ2n) is 9.49. The summed E-state index contributed by atoms with van der Waals surface area (Å²) in [7, 11) is 0. The predicted molar refractivity (Wildman–Crippen MR) is 121 cm³/mol. The summed E-state index contributed by atoms with van der Waals surface area (Å²) in [5.41, 5.74) is 4.60. The monoisotopic (exact) mass is 407 g/mol. The van der Waals surface area contributed by atoms with Crippen molar-refractivity contribution in [3.8, 4) is 0 Å². The van der Waals surface area contributed by atoms with E-state index in [9.17, 15) is 5.11 Å². The topological polar surface area (TPSA) is 20.2 Å². The van der Waals surface area contributed by atoms with Gasteiger partial charge in [0.25, 0.3) is 0 Å². The first-order valence-corrected chi connectivity index (χ1v) is 9.43. The molecule has 0 bridgehead atoms. The van der Waals surface area contributed by atoms with Gasteiger partial charge in [0, 0.05) is 0 Å². The number of rotatable bonds is 4. The van der Waals surface area contributed by atoms with Crippen LogP contribution in [0.3, 0.4) is 0 Å². The molecule has 0 amide bonds. The second kappa shape index (κ2) is 12.0. The number of benzene rings is 2. The van der Waals surface area contributed by atoms with Crippen molar-refractivity contribution in [2.24, 2.45) is 0 Å². The molecular weight excluding hydrogens is 367 g/mol.